The van der Waals surface area contributed by atoms with Gasteiger partial charge >= 0.3 is 11.9 Å². The predicted octanol–water partition coefficient (Wildman–Crippen LogP) is 4.18. The summed E-state index contributed by atoms with van der Waals surface area (Å²) in [5.74, 6) is -0.595. The first-order valence-corrected chi connectivity index (χ1v) is 13.4. The van der Waals surface area contributed by atoms with Crippen LogP contribution >= 0.6 is 0 Å². The third-order valence-corrected chi connectivity index (χ3v) is 6.26. The minimum absolute atomic E-state index is 0.0560. The summed E-state index contributed by atoms with van der Waals surface area (Å²) in [4.78, 5) is 22.0. The highest BCUT2D eigenvalue weighted by atomic mass is 16.5. The van der Waals surface area contributed by atoms with Crippen LogP contribution in [0.15, 0.2) is 84.9 Å². The maximum absolute atomic E-state index is 11.1. The van der Waals surface area contributed by atoms with Crippen LogP contribution in [0.3, 0.4) is 0 Å². The lowest BCUT2D eigenvalue weighted by Gasteiger charge is -2.20. The smallest absolute Gasteiger partial charge is 0.308 e. The Morgan fingerprint density at radius 1 is 0.500 bits per heavy atom. The molecule has 4 unspecified atom stereocenters. The van der Waals surface area contributed by atoms with Crippen molar-refractivity contribution in [1.29, 1.82) is 0 Å². The van der Waals surface area contributed by atoms with E-state index in [-0.39, 0.29) is 22.8 Å². The number of hydrogen-bond acceptors (Lipinski definition) is 11. The Labute approximate surface area is 253 Å². The maximum Gasteiger partial charge on any atom is 0.308 e. The van der Waals surface area contributed by atoms with Crippen molar-refractivity contribution >= 4 is 11.9 Å². The van der Waals surface area contributed by atoms with E-state index < -0.39 is 36.4 Å². The zero-order valence-corrected chi connectivity index (χ0v) is 24.2. The molecule has 7 N–H and O–H groups in total. The fourth-order valence-corrected chi connectivity index (χ4v) is 4.26. The summed E-state index contributed by atoms with van der Waals surface area (Å²) in [7, 11) is 0. The van der Waals surface area contributed by atoms with Crippen LogP contribution in [-0.2, 0) is 9.59 Å². The van der Waals surface area contributed by atoms with E-state index >= 15 is 0 Å². The number of ether oxygens (including phenoxy) is 2. The van der Waals surface area contributed by atoms with Crippen LogP contribution in [0.2, 0.25) is 0 Å². The lowest BCUT2D eigenvalue weighted by atomic mass is 9.97. The molecule has 0 aliphatic carbocycles. The first-order chi connectivity index (χ1) is 20.7. The number of hydrogen-bond donors (Lipinski definition) is 7. The molecule has 4 aromatic carbocycles. The second-order valence-electron chi connectivity index (χ2n) is 9.99. The number of aliphatic hydroxyl groups is 4. The first-order valence-electron chi connectivity index (χ1n) is 13.4. The molecule has 0 heterocycles. The molecular weight excluding hydrogens is 572 g/mol. The lowest BCUT2D eigenvalue weighted by molar-refractivity contribution is -0.132. The van der Waals surface area contributed by atoms with Gasteiger partial charge in [0.05, 0.1) is 0 Å². The fraction of sp³-hybridized carbons (Fsp3) is 0.212. The summed E-state index contributed by atoms with van der Waals surface area (Å²) in [6, 6.07) is 20.5. The van der Waals surface area contributed by atoms with Gasteiger partial charge in [-0.05, 0) is 83.3 Å². The molecule has 0 aromatic heterocycles. The van der Waals surface area contributed by atoms with Crippen molar-refractivity contribution in [3.8, 4) is 28.7 Å². The van der Waals surface area contributed by atoms with Crippen molar-refractivity contribution in [1.82, 2.24) is 0 Å². The van der Waals surface area contributed by atoms with Gasteiger partial charge in [-0.25, -0.2) is 0 Å². The molecule has 44 heavy (non-hydrogen) atoms. The Bertz CT molecular complexity index is 1550. The van der Waals surface area contributed by atoms with Crippen molar-refractivity contribution in [3.63, 3.8) is 0 Å². The van der Waals surface area contributed by atoms with Crippen LogP contribution in [0.4, 0.5) is 0 Å². The van der Waals surface area contributed by atoms with Gasteiger partial charge in [0.15, 0.2) is 0 Å². The van der Waals surface area contributed by atoms with E-state index in [0.29, 0.717) is 28.2 Å². The van der Waals surface area contributed by atoms with Gasteiger partial charge in [0.1, 0.15) is 53.2 Å². The molecule has 0 aliphatic heterocycles. The van der Waals surface area contributed by atoms with E-state index in [1.807, 2.05) is 0 Å². The van der Waals surface area contributed by atoms with E-state index in [9.17, 15) is 40.2 Å². The lowest BCUT2D eigenvalue weighted by Crippen LogP contribution is -2.11. The Morgan fingerprint density at radius 3 is 1.39 bits per heavy atom. The zero-order valence-electron chi connectivity index (χ0n) is 24.2. The molecule has 0 radical (unpaired) electrons. The first kappa shape index (κ1) is 33.6. The summed E-state index contributed by atoms with van der Waals surface area (Å²) in [5, 5.41) is 68.8. The van der Waals surface area contributed by atoms with Gasteiger partial charge in [0, 0.05) is 19.9 Å². The SMILES string of the molecule is CC(=O)Oc1ccc(C(O)C(O)c2cc(C)cc(OC(C)=O)c2)cc1.Oc1ccc(C(O)C(O)c2cc(O)cc(O)c2)cc1. The number of aryl methyl sites for hydroxylation is 1. The van der Waals surface area contributed by atoms with Crippen LogP contribution in [-0.4, -0.2) is 47.7 Å². The molecule has 0 fully saturated rings. The van der Waals surface area contributed by atoms with Crippen LogP contribution in [0.25, 0.3) is 0 Å². The molecule has 0 amide bonds. The molecule has 232 valence electrons. The van der Waals surface area contributed by atoms with Gasteiger partial charge in [-0.3, -0.25) is 9.59 Å². The highest BCUT2D eigenvalue weighted by molar-refractivity contribution is 5.69. The van der Waals surface area contributed by atoms with Gasteiger partial charge in [-0.2, -0.15) is 0 Å². The number of carbonyl (C=O) groups excluding carboxylic acids is 2. The van der Waals surface area contributed by atoms with Crippen molar-refractivity contribution in [2.24, 2.45) is 0 Å². The number of aromatic hydroxyl groups is 3. The minimum Gasteiger partial charge on any atom is -0.508 e. The van der Waals surface area contributed by atoms with Crippen LogP contribution in [0.1, 0.15) is 66.1 Å². The summed E-state index contributed by atoms with van der Waals surface area (Å²) in [6.07, 6.45) is -4.95. The fourth-order valence-electron chi connectivity index (χ4n) is 4.26. The predicted molar refractivity (Wildman–Crippen MR) is 158 cm³/mol. The number of phenols is 3. The molecule has 0 aliphatic rings. The number of phenolic OH excluding ortho intramolecular Hbond substituents is 3. The monoisotopic (exact) mass is 606 g/mol. The molecule has 0 spiro atoms. The quantitative estimate of drug-likeness (QED) is 0.112. The number of benzene rings is 4. The normalized spacial score (nSPS) is 13.4. The largest absolute Gasteiger partial charge is 0.508 e. The van der Waals surface area contributed by atoms with Crippen molar-refractivity contribution in [2.75, 3.05) is 0 Å². The minimum atomic E-state index is -1.30. The molecule has 11 nitrogen and oxygen atoms in total. The second kappa shape index (κ2) is 15.0. The van der Waals surface area contributed by atoms with Crippen molar-refractivity contribution < 1.29 is 54.8 Å². The Balaban J connectivity index is 0.000000249. The third-order valence-electron chi connectivity index (χ3n) is 6.26. The van der Waals surface area contributed by atoms with Gasteiger partial charge in [0.25, 0.3) is 0 Å². The van der Waals surface area contributed by atoms with Gasteiger partial charge < -0.3 is 45.2 Å². The van der Waals surface area contributed by atoms with Crippen molar-refractivity contribution in [2.45, 2.75) is 45.2 Å². The standard InChI is InChI=1S/C19H20O6.C14H14O5/c1-11-8-15(10-17(9-11)25-13(3)21)19(23)18(22)14-4-6-16(7-5-14)24-12(2)20;15-10-3-1-8(2-4-10)13(18)14(19)9-5-11(16)7-12(17)6-9/h4-10,18-19,22-23H,1-3H3;1-7,13-19H. The molecule has 11 heteroatoms. The van der Waals surface area contributed by atoms with Gasteiger partial charge in [-0.15, -0.1) is 0 Å². The number of esters is 2. The Kier molecular flexibility index (Phi) is 11.4. The number of aliphatic hydroxyl groups excluding tert-OH is 4. The average Bonchev–Trinajstić information content (AvgIpc) is 2.95. The third kappa shape index (κ3) is 9.54. The maximum atomic E-state index is 11.1. The molecule has 4 atom stereocenters. The van der Waals surface area contributed by atoms with Crippen LogP contribution < -0.4 is 9.47 Å². The molecular formula is C33H34O11. The summed E-state index contributed by atoms with van der Waals surface area (Å²) >= 11 is 0. The van der Waals surface area contributed by atoms with E-state index in [2.05, 4.69) is 0 Å². The number of rotatable bonds is 8. The second-order valence-corrected chi connectivity index (χ2v) is 9.99. The highest BCUT2D eigenvalue weighted by Crippen LogP contribution is 2.34. The molecule has 4 aromatic rings. The summed E-state index contributed by atoms with van der Waals surface area (Å²) in [5.41, 5.74) is 2.27. The number of carbonyl (C=O) groups is 2. The molecule has 4 rings (SSSR count). The van der Waals surface area contributed by atoms with E-state index in [1.54, 1.807) is 31.2 Å². The van der Waals surface area contributed by atoms with Crippen LogP contribution in [0.5, 0.6) is 28.7 Å². The van der Waals surface area contributed by atoms with E-state index in [4.69, 9.17) is 14.6 Å². The van der Waals surface area contributed by atoms with E-state index in [0.717, 1.165) is 11.6 Å². The molecule has 0 bridgehead atoms. The molecule has 0 saturated carbocycles. The average molecular weight is 607 g/mol. The van der Waals surface area contributed by atoms with Gasteiger partial charge in [-0.1, -0.05) is 30.3 Å². The topological polar surface area (TPSA) is 194 Å². The highest BCUT2D eigenvalue weighted by Gasteiger charge is 2.22. The van der Waals surface area contributed by atoms with E-state index in [1.165, 1.54) is 68.4 Å². The van der Waals surface area contributed by atoms with Crippen LogP contribution in [0, 0.1) is 6.92 Å². The Hall–Kier alpha value is -4.94. The molecule has 0 saturated heterocycles. The zero-order chi connectivity index (χ0) is 32.6. The van der Waals surface area contributed by atoms with Gasteiger partial charge in [0.2, 0.25) is 0 Å². The Morgan fingerprint density at radius 2 is 0.909 bits per heavy atom. The van der Waals surface area contributed by atoms with Crippen molar-refractivity contribution in [3.05, 3.63) is 113 Å². The summed E-state index contributed by atoms with van der Waals surface area (Å²) < 4.78 is 9.97. The summed E-state index contributed by atoms with van der Waals surface area (Å²) in [6.45, 7) is 4.38.